The molecule has 0 aliphatic carbocycles. The highest BCUT2D eigenvalue weighted by Crippen LogP contribution is 2.26. The zero-order valence-electron chi connectivity index (χ0n) is 10.9. The second kappa shape index (κ2) is 5.42. The van der Waals surface area contributed by atoms with Gasteiger partial charge in [0.1, 0.15) is 5.75 Å². The maximum atomic E-state index is 12.4. The van der Waals surface area contributed by atoms with E-state index in [9.17, 15) is 9.90 Å². The van der Waals surface area contributed by atoms with Crippen LogP contribution in [0.25, 0.3) is 10.9 Å². The summed E-state index contributed by atoms with van der Waals surface area (Å²) in [6.45, 7) is 0. The number of phenolic OH excluding ortho intramolecular Hbond substituents is 1. The Kier molecular flexibility index (Phi) is 3.46. The van der Waals surface area contributed by atoms with Crippen LogP contribution in [0.5, 0.6) is 5.75 Å². The van der Waals surface area contributed by atoms with Crippen molar-refractivity contribution in [3.05, 3.63) is 65.3 Å². The molecule has 2 aromatic carbocycles. The van der Waals surface area contributed by atoms with Crippen LogP contribution in [0.2, 0.25) is 5.02 Å². The second-order valence-electron chi connectivity index (χ2n) is 4.50. The van der Waals surface area contributed by atoms with Gasteiger partial charge in [-0.25, -0.2) is 0 Å². The number of benzene rings is 2. The summed E-state index contributed by atoms with van der Waals surface area (Å²) in [5.74, 6) is -0.303. The first-order chi connectivity index (χ1) is 10.1. The second-order valence-corrected chi connectivity index (χ2v) is 4.91. The van der Waals surface area contributed by atoms with Gasteiger partial charge >= 0.3 is 0 Å². The van der Waals surface area contributed by atoms with E-state index in [0.29, 0.717) is 16.8 Å². The summed E-state index contributed by atoms with van der Waals surface area (Å²) < 4.78 is 0. The summed E-state index contributed by atoms with van der Waals surface area (Å²) in [4.78, 5) is 16.6. The van der Waals surface area contributed by atoms with Gasteiger partial charge in [0.2, 0.25) is 0 Å². The molecule has 5 heteroatoms. The highest BCUT2D eigenvalue weighted by atomic mass is 35.5. The van der Waals surface area contributed by atoms with Crippen molar-refractivity contribution in [2.24, 2.45) is 0 Å². The first-order valence-electron chi connectivity index (χ1n) is 6.29. The van der Waals surface area contributed by atoms with Crippen LogP contribution in [0.1, 0.15) is 10.4 Å². The molecule has 3 aromatic rings. The summed E-state index contributed by atoms with van der Waals surface area (Å²) in [5, 5.41) is 13.2. The van der Waals surface area contributed by atoms with Crippen LogP contribution in [0.4, 0.5) is 5.69 Å². The van der Waals surface area contributed by atoms with Crippen LogP contribution in [0, 0.1) is 0 Å². The van der Waals surface area contributed by atoms with Crippen molar-refractivity contribution in [2.75, 3.05) is 5.32 Å². The van der Waals surface area contributed by atoms with Gasteiger partial charge in [-0.15, -0.1) is 0 Å². The zero-order chi connectivity index (χ0) is 14.8. The number of para-hydroxylation sites is 1. The average molecular weight is 299 g/mol. The monoisotopic (exact) mass is 298 g/mol. The van der Waals surface area contributed by atoms with Gasteiger partial charge in [0, 0.05) is 17.3 Å². The molecule has 0 saturated heterocycles. The van der Waals surface area contributed by atoms with E-state index in [4.69, 9.17) is 11.6 Å². The van der Waals surface area contributed by atoms with Crippen molar-refractivity contribution in [2.45, 2.75) is 0 Å². The minimum absolute atomic E-state index is 0.0264. The molecule has 0 aliphatic rings. The SMILES string of the molecule is O=C(Nc1ccc(O)c(Cl)c1)c1cccc2cccnc12. The molecule has 1 amide bonds. The van der Waals surface area contributed by atoms with Crippen molar-refractivity contribution in [1.29, 1.82) is 0 Å². The lowest BCUT2D eigenvalue weighted by Gasteiger charge is -2.08. The smallest absolute Gasteiger partial charge is 0.257 e. The predicted octanol–water partition coefficient (Wildman–Crippen LogP) is 3.85. The Morgan fingerprint density at radius 1 is 1.14 bits per heavy atom. The third-order valence-electron chi connectivity index (χ3n) is 3.08. The Morgan fingerprint density at radius 2 is 1.95 bits per heavy atom. The number of fused-ring (bicyclic) bond motifs is 1. The fraction of sp³-hybridized carbons (Fsp3) is 0. The summed E-state index contributed by atoms with van der Waals surface area (Å²) in [5.41, 5.74) is 1.63. The Morgan fingerprint density at radius 3 is 2.76 bits per heavy atom. The van der Waals surface area contributed by atoms with Gasteiger partial charge in [0.25, 0.3) is 5.91 Å². The number of nitrogens with one attached hydrogen (secondary N) is 1. The normalized spacial score (nSPS) is 10.5. The highest BCUT2D eigenvalue weighted by Gasteiger charge is 2.11. The quantitative estimate of drug-likeness (QED) is 0.706. The van der Waals surface area contributed by atoms with Gasteiger partial charge in [0.15, 0.2) is 0 Å². The molecule has 3 rings (SSSR count). The number of hydrogen-bond acceptors (Lipinski definition) is 3. The molecule has 0 bridgehead atoms. The van der Waals surface area contributed by atoms with E-state index in [1.807, 2.05) is 24.3 Å². The summed E-state index contributed by atoms with van der Waals surface area (Å²) in [6, 6.07) is 13.6. The van der Waals surface area contributed by atoms with Gasteiger partial charge in [0.05, 0.1) is 16.1 Å². The molecular formula is C16H11ClN2O2. The van der Waals surface area contributed by atoms with Crippen molar-refractivity contribution in [1.82, 2.24) is 4.98 Å². The number of nitrogens with zero attached hydrogens (tertiary/aromatic N) is 1. The third-order valence-corrected chi connectivity index (χ3v) is 3.39. The molecule has 1 heterocycles. The molecule has 0 unspecified atom stereocenters. The number of rotatable bonds is 2. The highest BCUT2D eigenvalue weighted by molar-refractivity contribution is 6.32. The van der Waals surface area contributed by atoms with Gasteiger partial charge in [-0.05, 0) is 30.3 Å². The van der Waals surface area contributed by atoms with Crippen molar-refractivity contribution in [3.8, 4) is 5.75 Å². The Balaban J connectivity index is 1.95. The number of amides is 1. The molecule has 21 heavy (non-hydrogen) atoms. The molecule has 0 fully saturated rings. The lowest BCUT2D eigenvalue weighted by Crippen LogP contribution is -2.12. The molecular weight excluding hydrogens is 288 g/mol. The largest absolute Gasteiger partial charge is 0.506 e. The van der Waals surface area contributed by atoms with E-state index in [-0.39, 0.29) is 16.7 Å². The topological polar surface area (TPSA) is 62.2 Å². The van der Waals surface area contributed by atoms with Crippen molar-refractivity contribution >= 4 is 34.1 Å². The van der Waals surface area contributed by atoms with Crippen LogP contribution in [-0.4, -0.2) is 16.0 Å². The summed E-state index contributed by atoms with van der Waals surface area (Å²) in [7, 11) is 0. The van der Waals surface area contributed by atoms with Crippen molar-refractivity contribution in [3.63, 3.8) is 0 Å². The maximum Gasteiger partial charge on any atom is 0.257 e. The number of hydrogen-bond donors (Lipinski definition) is 2. The molecule has 0 saturated carbocycles. The van der Waals surface area contributed by atoms with Crippen LogP contribution >= 0.6 is 11.6 Å². The van der Waals surface area contributed by atoms with Gasteiger partial charge in [-0.2, -0.15) is 0 Å². The van der Waals surface area contributed by atoms with E-state index in [1.165, 1.54) is 12.1 Å². The van der Waals surface area contributed by atoms with Crippen molar-refractivity contribution < 1.29 is 9.90 Å². The molecule has 4 nitrogen and oxygen atoms in total. The minimum atomic E-state index is -0.277. The zero-order valence-corrected chi connectivity index (χ0v) is 11.6. The van der Waals surface area contributed by atoms with E-state index in [0.717, 1.165) is 5.39 Å². The number of carbonyl (C=O) groups excluding carboxylic acids is 1. The van der Waals surface area contributed by atoms with E-state index >= 15 is 0 Å². The Labute approximate surface area is 126 Å². The number of phenols is 1. The predicted molar refractivity (Wildman–Crippen MR) is 82.8 cm³/mol. The number of halogens is 1. The molecule has 2 N–H and O–H groups in total. The summed E-state index contributed by atoms with van der Waals surface area (Å²) >= 11 is 5.82. The standard InChI is InChI=1S/C16H11ClN2O2/c17-13-9-11(6-7-14(13)20)19-16(21)12-5-1-3-10-4-2-8-18-15(10)12/h1-9,20H,(H,19,21). The molecule has 0 radical (unpaired) electrons. The number of anilines is 1. The van der Waals surface area contributed by atoms with Gasteiger partial charge in [-0.3, -0.25) is 9.78 Å². The molecule has 1 aromatic heterocycles. The molecule has 0 atom stereocenters. The van der Waals surface area contributed by atoms with Crippen LogP contribution < -0.4 is 5.32 Å². The van der Waals surface area contributed by atoms with E-state index in [2.05, 4.69) is 10.3 Å². The van der Waals surface area contributed by atoms with Gasteiger partial charge in [-0.1, -0.05) is 29.8 Å². The Hall–Kier alpha value is -2.59. The maximum absolute atomic E-state index is 12.4. The van der Waals surface area contributed by atoms with Gasteiger partial charge < -0.3 is 10.4 Å². The number of aromatic hydroxyl groups is 1. The first kappa shape index (κ1) is 13.4. The number of aromatic nitrogens is 1. The Bertz CT molecular complexity index is 828. The molecule has 0 spiro atoms. The lowest BCUT2D eigenvalue weighted by molar-refractivity contribution is 0.102. The van der Waals surface area contributed by atoms with Crippen LogP contribution in [0.15, 0.2) is 54.7 Å². The number of pyridine rings is 1. The lowest BCUT2D eigenvalue weighted by atomic mass is 10.1. The molecule has 0 aliphatic heterocycles. The van der Waals surface area contributed by atoms with Crippen LogP contribution in [-0.2, 0) is 0 Å². The number of carbonyl (C=O) groups is 1. The molecule has 104 valence electrons. The summed E-state index contributed by atoms with van der Waals surface area (Å²) in [6.07, 6.45) is 1.65. The van der Waals surface area contributed by atoms with E-state index < -0.39 is 0 Å². The first-order valence-corrected chi connectivity index (χ1v) is 6.66. The third kappa shape index (κ3) is 2.66. The average Bonchev–Trinajstić information content (AvgIpc) is 2.50. The minimum Gasteiger partial charge on any atom is -0.506 e. The fourth-order valence-corrected chi connectivity index (χ4v) is 2.25. The fourth-order valence-electron chi connectivity index (χ4n) is 2.07. The van der Waals surface area contributed by atoms with E-state index in [1.54, 1.807) is 18.3 Å². The van der Waals surface area contributed by atoms with Crippen LogP contribution in [0.3, 0.4) is 0 Å².